The van der Waals surface area contributed by atoms with Crippen molar-refractivity contribution in [1.82, 2.24) is 0 Å². The van der Waals surface area contributed by atoms with E-state index in [1.165, 1.54) is 7.11 Å². The van der Waals surface area contributed by atoms with Crippen LogP contribution in [0.1, 0.15) is 16.7 Å². The van der Waals surface area contributed by atoms with E-state index in [0.29, 0.717) is 5.02 Å². The van der Waals surface area contributed by atoms with E-state index in [9.17, 15) is 4.79 Å². The van der Waals surface area contributed by atoms with Crippen LogP contribution in [0.4, 0.5) is 0 Å². The molecule has 0 saturated heterocycles. The van der Waals surface area contributed by atoms with E-state index in [4.69, 9.17) is 11.6 Å². The molecule has 15 heavy (non-hydrogen) atoms. The molecule has 0 amide bonds. The molecule has 78 valence electrons. The Morgan fingerprint density at radius 1 is 1.33 bits per heavy atom. The van der Waals surface area contributed by atoms with E-state index in [1.807, 2.05) is 26.0 Å². The second-order valence-corrected chi connectivity index (χ2v) is 3.59. The van der Waals surface area contributed by atoms with Gasteiger partial charge in [0, 0.05) is 16.5 Å². The van der Waals surface area contributed by atoms with Crippen molar-refractivity contribution in [2.24, 2.45) is 0 Å². The first-order valence-corrected chi connectivity index (χ1v) is 4.79. The number of carbonyl (C=O) groups excluding carboxylic acids is 1. The zero-order valence-electron chi connectivity index (χ0n) is 8.85. The fourth-order valence-electron chi connectivity index (χ4n) is 1.27. The summed E-state index contributed by atoms with van der Waals surface area (Å²) in [4.78, 5) is 10.9. The third-order valence-corrected chi connectivity index (χ3v) is 2.19. The lowest BCUT2D eigenvalue weighted by molar-refractivity contribution is -0.133. The van der Waals surface area contributed by atoms with Crippen molar-refractivity contribution in [2.45, 2.75) is 13.8 Å². The summed E-state index contributed by atoms with van der Waals surface area (Å²) in [5, 5.41) is 0.675. The van der Waals surface area contributed by atoms with Crippen molar-refractivity contribution >= 4 is 17.6 Å². The van der Waals surface area contributed by atoms with Crippen LogP contribution in [0, 0.1) is 25.7 Å². The number of carbonyl (C=O) groups is 1. The lowest BCUT2D eigenvalue weighted by Gasteiger charge is -2.03. The summed E-state index contributed by atoms with van der Waals surface area (Å²) in [7, 11) is 1.30. The van der Waals surface area contributed by atoms with Gasteiger partial charge in [-0.2, -0.15) is 0 Å². The first kappa shape index (κ1) is 11.6. The summed E-state index contributed by atoms with van der Waals surface area (Å²) in [6.07, 6.45) is 0. The Kier molecular flexibility index (Phi) is 3.76. The van der Waals surface area contributed by atoms with Crippen molar-refractivity contribution in [3.8, 4) is 11.8 Å². The molecule has 0 radical (unpaired) electrons. The predicted octanol–water partition coefficient (Wildman–Crippen LogP) is 2.48. The van der Waals surface area contributed by atoms with Crippen molar-refractivity contribution in [1.29, 1.82) is 0 Å². The molecule has 0 spiro atoms. The Bertz CT molecular complexity index is 429. The van der Waals surface area contributed by atoms with Crippen molar-refractivity contribution in [3.63, 3.8) is 0 Å². The number of aryl methyl sites for hydroxylation is 2. The molecular formula is C12H11ClO2. The van der Waals surface area contributed by atoms with Gasteiger partial charge in [-0.25, -0.2) is 4.79 Å². The largest absolute Gasteiger partial charge is 0.459 e. The van der Waals surface area contributed by atoms with Crippen LogP contribution in [0.3, 0.4) is 0 Å². The van der Waals surface area contributed by atoms with Crippen LogP contribution < -0.4 is 0 Å². The number of methoxy groups -OCH3 is 1. The van der Waals surface area contributed by atoms with Crippen LogP contribution in [-0.2, 0) is 9.53 Å². The summed E-state index contributed by atoms with van der Waals surface area (Å²) in [5.41, 5.74) is 2.73. The second-order valence-electron chi connectivity index (χ2n) is 3.16. The Labute approximate surface area is 94.2 Å². The average molecular weight is 223 g/mol. The zero-order chi connectivity index (χ0) is 11.4. The molecule has 0 unspecified atom stereocenters. The second kappa shape index (κ2) is 4.86. The molecule has 0 heterocycles. The zero-order valence-corrected chi connectivity index (χ0v) is 9.61. The van der Waals surface area contributed by atoms with Gasteiger partial charge in [0.25, 0.3) is 0 Å². The average Bonchev–Trinajstić information content (AvgIpc) is 2.15. The quantitative estimate of drug-likeness (QED) is 0.498. The minimum Gasteiger partial charge on any atom is -0.459 e. The summed E-state index contributed by atoms with van der Waals surface area (Å²) in [5.74, 6) is 4.63. The van der Waals surface area contributed by atoms with E-state index in [2.05, 4.69) is 16.6 Å². The highest BCUT2D eigenvalue weighted by Crippen LogP contribution is 2.18. The van der Waals surface area contributed by atoms with Crippen LogP contribution >= 0.6 is 11.6 Å². The number of halogens is 1. The van der Waals surface area contributed by atoms with Gasteiger partial charge in [-0.15, -0.1) is 0 Å². The SMILES string of the molecule is COC(=O)C#Cc1c(C)cc(Cl)cc1C. The maximum absolute atomic E-state index is 10.9. The van der Waals surface area contributed by atoms with Gasteiger partial charge in [-0.3, -0.25) is 0 Å². The number of hydrogen-bond acceptors (Lipinski definition) is 2. The van der Waals surface area contributed by atoms with Gasteiger partial charge in [0.1, 0.15) is 0 Å². The molecule has 0 fully saturated rings. The fraction of sp³-hybridized carbons (Fsp3) is 0.250. The smallest absolute Gasteiger partial charge is 0.384 e. The number of esters is 1. The molecule has 0 bridgehead atoms. The first-order valence-electron chi connectivity index (χ1n) is 4.41. The molecule has 1 aromatic carbocycles. The van der Waals surface area contributed by atoms with Gasteiger partial charge in [0.2, 0.25) is 0 Å². The summed E-state index contributed by atoms with van der Waals surface area (Å²) >= 11 is 5.87. The van der Waals surface area contributed by atoms with Crippen LogP contribution in [-0.4, -0.2) is 13.1 Å². The van der Waals surface area contributed by atoms with Crippen molar-refractivity contribution in [3.05, 3.63) is 33.8 Å². The molecule has 1 rings (SSSR count). The number of ether oxygens (including phenoxy) is 1. The van der Waals surface area contributed by atoms with Gasteiger partial charge >= 0.3 is 5.97 Å². The molecule has 0 aromatic heterocycles. The van der Waals surface area contributed by atoms with E-state index in [1.54, 1.807) is 0 Å². The van der Waals surface area contributed by atoms with Crippen molar-refractivity contribution < 1.29 is 9.53 Å². The monoisotopic (exact) mass is 222 g/mol. The Balaban J connectivity index is 3.14. The fourth-order valence-corrected chi connectivity index (χ4v) is 1.60. The van der Waals surface area contributed by atoms with Gasteiger partial charge in [0.15, 0.2) is 0 Å². The number of benzene rings is 1. The third kappa shape index (κ3) is 3.00. The molecule has 0 aliphatic heterocycles. The molecule has 0 aliphatic rings. The Morgan fingerprint density at radius 2 is 1.87 bits per heavy atom. The van der Waals surface area contributed by atoms with Gasteiger partial charge in [0.05, 0.1) is 7.11 Å². The highest BCUT2D eigenvalue weighted by atomic mass is 35.5. The summed E-state index contributed by atoms with van der Waals surface area (Å²) in [6, 6.07) is 3.63. The number of hydrogen-bond donors (Lipinski definition) is 0. The lowest BCUT2D eigenvalue weighted by atomic mass is 10.0. The summed E-state index contributed by atoms with van der Waals surface area (Å²) < 4.78 is 4.44. The van der Waals surface area contributed by atoms with Crippen LogP contribution in [0.15, 0.2) is 12.1 Å². The van der Waals surface area contributed by atoms with Crippen LogP contribution in [0.2, 0.25) is 5.02 Å². The summed E-state index contributed by atoms with van der Waals surface area (Å²) in [6.45, 7) is 3.81. The molecule has 0 N–H and O–H groups in total. The first-order chi connectivity index (χ1) is 7.04. The van der Waals surface area contributed by atoms with E-state index in [-0.39, 0.29) is 0 Å². The number of rotatable bonds is 0. The highest BCUT2D eigenvalue weighted by molar-refractivity contribution is 6.30. The van der Waals surface area contributed by atoms with Crippen LogP contribution in [0.25, 0.3) is 0 Å². The Morgan fingerprint density at radius 3 is 2.33 bits per heavy atom. The minimum atomic E-state index is -0.538. The maximum Gasteiger partial charge on any atom is 0.384 e. The molecule has 0 saturated carbocycles. The molecule has 1 aromatic rings. The molecular weight excluding hydrogens is 212 g/mol. The van der Waals surface area contributed by atoms with E-state index >= 15 is 0 Å². The van der Waals surface area contributed by atoms with Gasteiger partial charge < -0.3 is 4.74 Å². The molecule has 3 heteroatoms. The highest BCUT2D eigenvalue weighted by Gasteiger charge is 2.01. The maximum atomic E-state index is 10.9. The molecule has 2 nitrogen and oxygen atoms in total. The van der Waals surface area contributed by atoms with Gasteiger partial charge in [-0.05, 0) is 37.1 Å². The normalized spacial score (nSPS) is 9.07. The van der Waals surface area contributed by atoms with E-state index in [0.717, 1.165) is 16.7 Å². The Hall–Kier alpha value is -1.46. The standard InChI is InChI=1S/C12H11ClO2/c1-8-6-10(13)7-9(2)11(8)4-5-12(14)15-3/h6-7H,1-3H3. The van der Waals surface area contributed by atoms with Crippen molar-refractivity contribution in [2.75, 3.05) is 7.11 Å². The predicted molar refractivity (Wildman–Crippen MR) is 59.8 cm³/mol. The lowest BCUT2D eigenvalue weighted by Crippen LogP contribution is -1.95. The van der Waals surface area contributed by atoms with Crippen LogP contribution in [0.5, 0.6) is 0 Å². The van der Waals surface area contributed by atoms with E-state index < -0.39 is 5.97 Å². The molecule has 0 aliphatic carbocycles. The minimum absolute atomic E-state index is 0.538. The molecule has 0 atom stereocenters. The third-order valence-electron chi connectivity index (χ3n) is 1.97. The van der Waals surface area contributed by atoms with Gasteiger partial charge in [-0.1, -0.05) is 17.5 Å². The topological polar surface area (TPSA) is 26.3 Å².